The highest BCUT2D eigenvalue weighted by molar-refractivity contribution is 6.11. The molecule has 0 aliphatic rings. The van der Waals surface area contributed by atoms with Crippen molar-refractivity contribution in [2.45, 2.75) is 26.2 Å². The molecule has 0 saturated carbocycles. The lowest BCUT2D eigenvalue weighted by Gasteiger charge is -2.11. The van der Waals surface area contributed by atoms with Gasteiger partial charge in [-0.1, -0.05) is 159 Å². The second kappa shape index (κ2) is 14.9. The van der Waals surface area contributed by atoms with Crippen molar-refractivity contribution >= 4 is 43.7 Å². The van der Waals surface area contributed by atoms with Gasteiger partial charge in [0.05, 0.1) is 11.0 Å². The predicted octanol–water partition coefficient (Wildman–Crippen LogP) is 14.5. The first-order valence-electron chi connectivity index (χ1n) is 20.7. The summed E-state index contributed by atoms with van der Waals surface area (Å²) in [6, 6.07) is 66.3. The molecule has 5 heteroatoms. The third kappa shape index (κ3) is 6.41. The first-order valence-corrected chi connectivity index (χ1v) is 20.7. The number of unbranched alkanes of at least 4 members (excludes halogenated alkanes) is 1. The molecule has 0 aliphatic heterocycles. The normalized spacial score (nSPS) is 11.6. The zero-order valence-corrected chi connectivity index (χ0v) is 33.2. The number of hydrogen-bond donors (Lipinski definition) is 0. The lowest BCUT2D eigenvalue weighted by molar-refractivity contribution is 0.669. The Kier molecular flexibility index (Phi) is 8.85. The maximum atomic E-state index is 6.32. The first-order chi connectivity index (χ1) is 29.7. The van der Waals surface area contributed by atoms with E-state index in [4.69, 9.17) is 19.4 Å². The molecule has 0 aliphatic carbocycles. The van der Waals surface area contributed by atoms with E-state index in [1.54, 1.807) is 0 Å². The zero-order chi connectivity index (χ0) is 40.0. The number of nitrogens with zero attached hydrogens (tertiary/aromatic N) is 4. The van der Waals surface area contributed by atoms with Crippen molar-refractivity contribution in [3.8, 4) is 62.1 Å². The molecule has 0 spiro atoms. The topological polar surface area (TPSA) is 56.7 Å². The van der Waals surface area contributed by atoms with Crippen LogP contribution in [0, 0.1) is 0 Å². The van der Waals surface area contributed by atoms with Gasteiger partial charge in [0.2, 0.25) is 5.95 Å². The van der Waals surface area contributed by atoms with Crippen molar-refractivity contribution in [1.82, 2.24) is 19.5 Å². The second-order valence-corrected chi connectivity index (χ2v) is 15.5. The maximum Gasteiger partial charge on any atom is 0.238 e. The van der Waals surface area contributed by atoms with Crippen LogP contribution >= 0.6 is 0 Å². The van der Waals surface area contributed by atoms with Crippen LogP contribution in [0.25, 0.3) is 106 Å². The fourth-order valence-corrected chi connectivity index (χ4v) is 8.50. The summed E-state index contributed by atoms with van der Waals surface area (Å²) >= 11 is 0. The monoisotopic (exact) mass is 772 g/mol. The van der Waals surface area contributed by atoms with E-state index in [0.717, 1.165) is 78.0 Å². The third-order valence-corrected chi connectivity index (χ3v) is 11.7. The molecule has 3 heterocycles. The molecule has 3 aromatic heterocycles. The van der Waals surface area contributed by atoms with Crippen molar-refractivity contribution in [3.05, 3.63) is 194 Å². The van der Waals surface area contributed by atoms with Gasteiger partial charge in [-0.25, -0.2) is 4.98 Å². The van der Waals surface area contributed by atoms with Crippen LogP contribution in [0.4, 0.5) is 0 Å². The molecule has 11 aromatic rings. The minimum absolute atomic E-state index is 0.574. The van der Waals surface area contributed by atoms with E-state index in [9.17, 15) is 0 Å². The fourth-order valence-electron chi connectivity index (χ4n) is 8.50. The van der Waals surface area contributed by atoms with Gasteiger partial charge in [0.15, 0.2) is 11.6 Å². The molecule has 0 radical (unpaired) electrons. The average Bonchev–Trinajstić information content (AvgIpc) is 3.86. The Morgan fingerprint density at radius 1 is 0.400 bits per heavy atom. The van der Waals surface area contributed by atoms with E-state index in [2.05, 4.69) is 175 Å². The van der Waals surface area contributed by atoms with E-state index in [1.807, 2.05) is 24.3 Å². The molecule has 0 N–H and O–H groups in total. The van der Waals surface area contributed by atoms with Crippen LogP contribution in [-0.4, -0.2) is 19.5 Å². The molecule has 0 saturated heterocycles. The summed E-state index contributed by atoms with van der Waals surface area (Å²) < 4.78 is 8.49. The molecule has 0 bridgehead atoms. The van der Waals surface area contributed by atoms with E-state index in [-0.39, 0.29) is 0 Å². The number of fused-ring (bicyclic) bond motifs is 6. The van der Waals surface area contributed by atoms with Crippen LogP contribution < -0.4 is 0 Å². The van der Waals surface area contributed by atoms with Crippen LogP contribution in [0.3, 0.4) is 0 Å². The molecule has 0 unspecified atom stereocenters. The van der Waals surface area contributed by atoms with Gasteiger partial charge >= 0.3 is 0 Å². The summed E-state index contributed by atoms with van der Waals surface area (Å²) in [5.74, 6) is 1.82. The number of furan rings is 1. The van der Waals surface area contributed by atoms with Gasteiger partial charge in [-0.2, -0.15) is 9.97 Å². The highest BCUT2D eigenvalue weighted by Gasteiger charge is 2.19. The summed E-state index contributed by atoms with van der Waals surface area (Å²) in [6.07, 6.45) is 3.52. The van der Waals surface area contributed by atoms with Crippen LogP contribution in [0.5, 0.6) is 0 Å². The van der Waals surface area contributed by atoms with Gasteiger partial charge in [0, 0.05) is 32.7 Å². The number of rotatable bonds is 9. The summed E-state index contributed by atoms with van der Waals surface area (Å²) in [5.41, 5.74) is 14.0. The molecule has 0 amide bonds. The molecule has 286 valence electrons. The second-order valence-electron chi connectivity index (χ2n) is 15.5. The van der Waals surface area contributed by atoms with Crippen molar-refractivity contribution < 1.29 is 4.42 Å². The maximum absolute atomic E-state index is 6.32. The van der Waals surface area contributed by atoms with E-state index in [0.29, 0.717) is 17.6 Å². The van der Waals surface area contributed by atoms with Crippen LogP contribution in [0.1, 0.15) is 25.3 Å². The minimum Gasteiger partial charge on any atom is -0.456 e. The van der Waals surface area contributed by atoms with E-state index < -0.39 is 0 Å². The Morgan fingerprint density at radius 2 is 0.867 bits per heavy atom. The number of para-hydroxylation sites is 1. The third-order valence-electron chi connectivity index (χ3n) is 11.7. The predicted molar refractivity (Wildman–Crippen MR) is 247 cm³/mol. The summed E-state index contributed by atoms with van der Waals surface area (Å²) in [6.45, 7) is 2.24. The number of aromatic nitrogens is 4. The van der Waals surface area contributed by atoms with Gasteiger partial charge in [-0.15, -0.1) is 0 Å². The summed E-state index contributed by atoms with van der Waals surface area (Å²) in [4.78, 5) is 15.4. The largest absolute Gasteiger partial charge is 0.456 e. The lowest BCUT2D eigenvalue weighted by Crippen LogP contribution is -2.06. The number of aryl methyl sites for hydroxylation is 1. The van der Waals surface area contributed by atoms with Gasteiger partial charge in [-0.3, -0.25) is 4.57 Å². The van der Waals surface area contributed by atoms with Crippen LogP contribution in [-0.2, 0) is 6.42 Å². The molecule has 0 atom stereocenters. The van der Waals surface area contributed by atoms with Crippen molar-refractivity contribution in [2.24, 2.45) is 0 Å². The quantitative estimate of drug-likeness (QED) is 0.147. The highest BCUT2D eigenvalue weighted by Crippen LogP contribution is 2.38. The Hall–Kier alpha value is -7.63. The Morgan fingerprint density at radius 3 is 1.52 bits per heavy atom. The Balaban J connectivity index is 1.01. The van der Waals surface area contributed by atoms with Gasteiger partial charge in [0.25, 0.3) is 0 Å². The van der Waals surface area contributed by atoms with Crippen molar-refractivity contribution in [1.29, 1.82) is 0 Å². The van der Waals surface area contributed by atoms with Crippen molar-refractivity contribution in [2.75, 3.05) is 0 Å². The Bertz CT molecular complexity index is 3330. The molecule has 8 aromatic carbocycles. The smallest absolute Gasteiger partial charge is 0.238 e. The molecule has 5 nitrogen and oxygen atoms in total. The first kappa shape index (κ1) is 35.5. The van der Waals surface area contributed by atoms with Gasteiger partial charge in [-0.05, 0) is 94.3 Å². The molecular weight excluding hydrogens is 733 g/mol. The molecular formula is C55H40N4O. The zero-order valence-electron chi connectivity index (χ0n) is 33.2. The number of benzene rings is 8. The SMILES string of the molecule is CCCCc1ccc(-c2ccc(-c3nc(-c4ccccc4)nc(-n4c5ccccc5c5cc(-c6ccc7oc8ccc(-c9ccccc9)cc8c7c6)ccc54)n3)cc2)cc1. The standard InChI is InChI=1S/C55H40N4O/c1-2-3-12-36-19-21-38(22-20-36)39-23-25-41(26-24-39)54-56-53(40-15-8-5-9-16-40)57-55(58-54)59-49-18-11-10-17-45(49)46-33-43(27-30-50(46)59)44-29-32-52-48(35-44)47-34-42(28-31-51(47)60-52)37-13-6-4-7-14-37/h4-11,13-35H,2-3,12H2,1H3. The molecule has 11 rings (SSSR count). The minimum atomic E-state index is 0.574. The fraction of sp³-hybridized carbons (Fsp3) is 0.0727. The highest BCUT2D eigenvalue weighted by atomic mass is 16.3. The van der Waals surface area contributed by atoms with E-state index in [1.165, 1.54) is 35.1 Å². The average molecular weight is 773 g/mol. The molecule has 60 heavy (non-hydrogen) atoms. The summed E-state index contributed by atoms with van der Waals surface area (Å²) in [5, 5.41) is 4.46. The van der Waals surface area contributed by atoms with Crippen LogP contribution in [0.2, 0.25) is 0 Å². The van der Waals surface area contributed by atoms with Crippen LogP contribution in [0.15, 0.2) is 192 Å². The number of hydrogen-bond acceptors (Lipinski definition) is 4. The van der Waals surface area contributed by atoms with Gasteiger partial charge in [0.1, 0.15) is 11.2 Å². The molecule has 0 fully saturated rings. The summed E-state index contributed by atoms with van der Waals surface area (Å²) in [7, 11) is 0. The Labute approximate surface area is 348 Å². The van der Waals surface area contributed by atoms with Crippen molar-refractivity contribution in [3.63, 3.8) is 0 Å². The lowest BCUT2D eigenvalue weighted by atomic mass is 9.99. The van der Waals surface area contributed by atoms with Gasteiger partial charge < -0.3 is 4.42 Å². The van der Waals surface area contributed by atoms with E-state index >= 15 is 0 Å².